The molecule has 1 aliphatic heterocycles. The van der Waals surface area contributed by atoms with Gasteiger partial charge in [0.1, 0.15) is 18.5 Å². The Labute approximate surface area is 153 Å². The molecule has 6 heteroatoms. The van der Waals surface area contributed by atoms with Crippen LogP contribution in [-0.2, 0) is 0 Å². The number of rotatable bonds is 7. The first-order chi connectivity index (χ1) is 12.6. The molecule has 138 valence electrons. The van der Waals surface area contributed by atoms with E-state index in [1.54, 1.807) is 12.1 Å². The molecule has 3 rings (SSSR count). The van der Waals surface area contributed by atoms with Gasteiger partial charge < -0.3 is 14.7 Å². The SMILES string of the molecule is O=[N+]([O-])c1ccc(OCC(O)CN2CCC(c3ccccc3)CC2)cc1. The predicted octanol–water partition coefficient (Wildman–Crippen LogP) is 3.21. The van der Waals surface area contributed by atoms with E-state index in [4.69, 9.17) is 4.74 Å². The summed E-state index contributed by atoms with van der Waals surface area (Å²) in [5.74, 6) is 1.12. The van der Waals surface area contributed by atoms with Crippen LogP contribution in [0.15, 0.2) is 54.6 Å². The van der Waals surface area contributed by atoms with E-state index in [0.717, 1.165) is 25.9 Å². The average Bonchev–Trinajstić information content (AvgIpc) is 2.68. The molecule has 1 N–H and O–H groups in total. The minimum atomic E-state index is -0.585. The molecule has 1 aliphatic rings. The third kappa shape index (κ3) is 5.03. The van der Waals surface area contributed by atoms with Crippen molar-refractivity contribution in [2.75, 3.05) is 26.2 Å². The number of hydrogen-bond acceptors (Lipinski definition) is 5. The maximum absolute atomic E-state index is 10.6. The summed E-state index contributed by atoms with van der Waals surface area (Å²) in [7, 11) is 0. The molecule has 0 amide bonds. The molecule has 26 heavy (non-hydrogen) atoms. The fourth-order valence-corrected chi connectivity index (χ4v) is 3.38. The molecule has 6 nitrogen and oxygen atoms in total. The minimum Gasteiger partial charge on any atom is -0.491 e. The van der Waals surface area contributed by atoms with Crippen molar-refractivity contribution in [1.82, 2.24) is 4.90 Å². The van der Waals surface area contributed by atoms with Gasteiger partial charge in [-0.1, -0.05) is 30.3 Å². The van der Waals surface area contributed by atoms with Crippen LogP contribution in [-0.4, -0.2) is 47.3 Å². The fraction of sp³-hybridized carbons (Fsp3) is 0.400. The van der Waals surface area contributed by atoms with Crippen LogP contribution in [0.3, 0.4) is 0 Å². The Kier molecular flexibility index (Phi) is 6.20. The lowest BCUT2D eigenvalue weighted by Crippen LogP contribution is -2.40. The maximum Gasteiger partial charge on any atom is 0.269 e. The molecule has 0 saturated carbocycles. The molecule has 1 saturated heterocycles. The molecular weight excluding hydrogens is 332 g/mol. The largest absolute Gasteiger partial charge is 0.491 e. The van der Waals surface area contributed by atoms with Crippen LogP contribution in [0.5, 0.6) is 5.75 Å². The van der Waals surface area contributed by atoms with E-state index in [-0.39, 0.29) is 12.3 Å². The van der Waals surface area contributed by atoms with E-state index < -0.39 is 11.0 Å². The molecule has 0 spiro atoms. The highest BCUT2D eigenvalue weighted by atomic mass is 16.6. The number of β-amino-alcohol motifs (C(OH)–C–C–N with tert-alkyl or cyclic N) is 1. The van der Waals surface area contributed by atoms with Crippen molar-refractivity contribution >= 4 is 5.69 Å². The Balaban J connectivity index is 1.40. The maximum atomic E-state index is 10.6. The Morgan fingerprint density at radius 2 is 1.77 bits per heavy atom. The van der Waals surface area contributed by atoms with Crippen molar-refractivity contribution < 1.29 is 14.8 Å². The second-order valence-corrected chi connectivity index (χ2v) is 6.70. The van der Waals surface area contributed by atoms with Gasteiger partial charge in [-0.2, -0.15) is 0 Å². The summed E-state index contributed by atoms with van der Waals surface area (Å²) >= 11 is 0. The van der Waals surface area contributed by atoms with Crippen LogP contribution < -0.4 is 4.74 Å². The molecule has 0 bridgehead atoms. The van der Waals surface area contributed by atoms with Gasteiger partial charge in [-0.3, -0.25) is 10.1 Å². The van der Waals surface area contributed by atoms with E-state index in [1.165, 1.54) is 17.7 Å². The van der Waals surface area contributed by atoms with Crippen molar-refractivity contribution in [2.45, 2.75) is 24.9 Å². The Hall–Kier alpha value is -2.44. The van der Waals surface area contributed by atoms with Gasteiger partial charge in [0.25, 0.3) is 5.69 Å². The number of ether oxygens (including phenoxy) is 1. The van der Waals surface area contributed by atoms with Crippen molar-refractivity contribution in [3.05, 3.63) is 70.3 Å². The Morgan fingerprint density at radius 3 is 2.38 bits per heavy atom. The summed E-state index contributed by atoms with van der Waals surface area (Å²) in [4.78, 5) is 12.5. The quantitative estimate of drug-likeness (QED) is 0.609. The Bertz CT molecular complexity index is 698. The monoisotopic (exact) mass is 356 g/mol. The lowest BCUT2D eigenvalue weighted by molar-refractivity contribution is -0.384. The molecule has 1 fully saturated rings. The molecule has 1 heterocycles. The molecule has 0 aromatic heterocycles. The van der Waals surface area contributed by atoms with Gasteiger partial charge in [-0.25, -0.2) is 0 Å². The van der Waals surface area contributed by atoms with Crippen LogP contribution >= 0.6 is 0 Å². The number of likely N-dealkylation sites (tertiary alicyclic amines) is 1. The van der Waals surface area contributed by atoms with E-state index in [9.17, 15) is 15.2 Å². The van der Waals surface area contributed by atoms with E-state index in [0.29, 0.717) is 18.2 Å². The first-order valence-electron chi connectivity index (χ1n) is 8.94. The molecule has 1 atom stereocenters. The average molecular weight is 356 g/mol. The summed E-state index contributed by atoms with van der Waals surface area (Å²) in [6.45, 7) is 2.69. The topological polar surface area (TPSA) is 75.8 Å². The van der Waals surface area contributed by atoms with Gasteiger partial charge in [0.15, 0.2) is 0 Å². The van der Waals surface area contributed by atoms with Crippen LogP contribution in [0.25, 0.3) is 0 Å². The number of nitro benzene ring substituents is 1. The normalized spacial score (nSPS) is 17.0. The minimum absolute atomic E-state index is 0.0270. The predicted molar refractivity (Wildman–Crippen MR) is 99.5 cm³/mol. The van der Waals surface area contributed by atoms with Gasteiger partial charge in [0, 0.05) is 18.7 Å². The van der Waals surface area contributed by atoms with Crippen molar-refractivity contribution in [3.8, 4) is 5.75 Å². The summed E-state index contributed by atoms with van der Waals surface area (Å²) in [6.07, 6.45) is 1.61. The fourth-order valence-electron chi connectivity index (χ4n) is 3.38. The van der Waals surface area contributed by atoms with Gasteiger partial charge in [-0.05, 0) is 49.5 Å². The molecular formula is C20H24N2O4. The highest BCUT2D eigenvalue weighted by Crippen LogP contribution is 2.27. The first kappa shape index (κ1) is 18.4. The second-order valence-electron chi connectivity index (χ2n) is 6.70. The lowest BCUT2D eigenvalue weighted by Gasteiger charge is -2.33. The van der Waals surface area contributed by atoms with Crippen molar-refractivity contribution in [3.63, 3.8) is 0 Å². The summed E-state index contributed by atoms with van der Waals surface area (Å²) in [5.41, 5.74) is 1.42. The van der Waals surface area contributed by atoms with E-state index >= 15 is 0 Å². The summed E-state index contributed by atoms with van der Waals surface area (Å²) in [6, 6.07) is 16.5. The Morgan fingerprint density at radius 1 is 1.12 bits per heavy atom. The van der Waals surface area contributed by atoms with E-state index in [2.05, 4.69) is 29.2 Å². The number of aliphatic hydroxyl groups excluding tert-OH is 1. The van der Waals surface area contributed by atoms with Crippen LogP contribution in [0, 0.1) is 10.1 Å². The van der Waals surface area contributed by atoms with Gasteiger partial charge in [0.05, 0.1) is 4.92 Å². The zero-order chi connectivity index (χ0) is 18.4. The molecule has 0 radical (unpaired) electrons. The zero-order valence-electron chi connectivity index (χ0n) is 14.7. The van der Waals surface area contributed by atoms with Crippen molar-refractivity contribution in [2.24, 2.45) is 0 Å². The lowest BCUT2D eigenvalue weighted by atomic mass is 9.89. The molecule has 0 aliphatic carbocycles. The standard InChI is InChI=1S/C20H24N2O4/c23-19(15-26-20-8-6-18(7-9-20)22(24)25)14-21-12-10-17(11-13-21)16-4-2-1-3-5-16/h1-9,17,19,23H,10-15H2. The first-order valence-corrected chi connectivity index (χ1v) is 8.94. The van der Waals surface area contributed by atoms with Gasteiger partial charge in [-0.15, -0.1) is 0 Å². The molecule has 1 unspecified atom stereocenters. The third-order valence-corrected chi connectivity index (χ3v) is 4.82. The number of aliphatic hydroxyl groups is 1. The number of non-ortho nitro benzene ring substituents is 1. The number of piperidine rings is 1. The van der Waals surface area contributed by atoms with Crippen LogP contribution in [0.2, 0.25) is 0 Å². The van der Waals surface area contributed by atoms with Crippen molar-refractivity contribution in [1.29, 1.82) is 0 Å². The highest BCUT2D eigenvalue weighted by molar-refractivity contribution is 5.35. The molecule has 2 aromatic carbocycles. The smallest absolute Gasteiger partial charge is 0.269 e. The zero-order valence-corrected chi connectivity index (χ0v) is 14.7. The van der Waals surface area contributed by atoms with Gasteiger partial charge in [0.2, 0.25) is 0 Å². The summed E-state index contributed by atoms with van der Waals surface area (Å²) in [5, 5.41) is 20.8. The number of hydrogen-bond donors (Lipinski definition) is 1. The summed E-state index contributed by atoms with van der Waals surface area (Å²) < 4.78 is 5.54. The number of benzene rings is 2. The van der Waals surface area contributed by atoms with Crippen LogP contribution in [0.1, 0.15) is 24.3 Å². The van der Waals surface area contributed by atoms with E-state index in [1.807, 2.05) is 6.07 Å². The van der Waals surface area contributed by atoms with Crippen LogP contribution in [0.4, 0.5) is 5.69 Å². The molecule has 2 aromatic rings. The number of nitrogens with zero attached hydrogens (tertiary/aromatic N) is 2. The highest BCUT2D eigenvalue weighted by Gasteiger charge is 2.22. The second kappa shape index (κ2) is 8.78. The van der Waals surface area contributed by atoms with Gasteiger partial charge >= 0.3 is 0 Å². The third-order valence-electron chi connectivity index (χ3n) is 4.82. The number of nitro groups is 1.